The maximum Gasteiger partial charge on any atom is 0.277 e. The zero-order valence-corrected chi connectivity index (χ0v) is 10.9. The molecule has 0 unspecified atom stereocenters. The Morgan fingerprint density at radius 1 is 1.53 bits per heavy atom. The number of methoxy groups -OCH3 is 1. The number of carbonyl (C=O) groups is 1. The number of aromatic nitrogens is 1. The SMILES string of the molecule is COCc1cc(C(=O)Nc2cc(Cl)ccc2N)no1. The molecule has 0 fully saturated rings. The minimum absolute atomic E-state index is 0.145. The van der Waals surface area contributed by atoms with Crippen LogP contribution in [-0.4, -0.2) is 18.2 Å². The van der Waals surface area contributed by atoms with Gasteiger partial charge in [-0.05, 0) is 18.2 Å². The van der Waals surface area contributed by atoms with Crippen molar-refractivity contribution in [2.75, 3.05) is 18.2 Å². The Morgan fingerprint density at radius 3 is 3.05 bits per heavy atom. The van der Waals surface area contributed by atoms with Crippen LogP contribution < -0.4 is 11.1 Å². The Kier molecular flexibility index (Phi) is 4.03. The molecule has 0 aliphatic rings. The van der Waals surface area contributed by atoms with E-state index in [1.807, 2.05) is 0 Å². The molecule has 7 heteroatoms. The van der Waals surface area contributed by atoms with E-state index in [0.29, 0.717) is 22.2 Å². The second-order valence-electron chi connectivity index (χ2n) is 3.80. The number of ether oxygens (including phenoxy) is 1. The van der Waals surface area contributed by atoms with Gasteiger partial charge in [-0.15, -0.1) is 0 Å². The highest BCUT2D eigenvalue weighted by Crippen LogP contribution is 2.23. The fraction of sp³-hybridized carbons (Fsp3) is 0.167. The number of benzene rings is 1. The first-order valence-electron chi connectivity index (χ1n) is 5.41. The van der Waals surface area contributed by atoms with Crippen LogP contribution in [0.15, 0.2) is 28.8 Å². The molecule has 0 saturated carbocycles. The summed E-state index contributed by atoms with van der Waals surface area (Å²) in [6, 6.07) is 6.31. The summed E-state index contributed by atoms with van der Waals surface area (Å²) in [6.45, 7) is 0.250. The topological polar surface area (TPSA) is 90.4 Å². The number of nitrogen functional groups attached to an aromatic ring is 1. The summed E-state index contributed by atoms with van der Waals surface area (Å²) in [4.78, 5) is 11.9. The predicted molar refractivity (Wildman–Crippen MR) is 71.0 cm³/mol. The van der Waals surface area contributed by atoms with Gasteiger partial charge in [0.2, 0.25) is 0 Å². The highest BCUT2D eigenvalue weighted by atomic mass is 35.5. The zero-order chi connectivity index (χ0) is 13.8. The van der Waals surface area contributed by atoms with E-state index >= 15 is 0 Å². The van der Waals surface area contributed by atoms with E-state index in [1.165, 1.54) is 13.2 Å². The summed E-state index contributed by atoms with van der Waals surface area (Å²) >= 11 is 5.83. The van der Waals surface area contributed by atoms with Crippen molar-refractivity contribution in [1.82, 2.24) is 5.16 Å². The molecule has 0 atom stereocenters. The van der Waals surface area contributed by atoms with Gasteiger partial charge in [-0.1, -0.05) is 16.8 Å². The van der Waals surface area contributed by atoms with Crippen LogP contribution in [-0.2, 0) is 11.3 Å². The largest absolute Gasteiger partial charge is 0.397 e. The van der Waals surface area contributed by atoms with E-state index in [9.17, 15) is 4.79 Å². The van der Waals surface area contributed by atoms with Crippen molar-refractivity contribution in [3.05, 3.63) is 40.7 Å². The first-order valence-corrected chi connectivity index (χ1v) is 5.79. The molecule has 0 aliphatic heterocycles. The molecular formula is C12H12ClN3O3. The number of hydrogen-bond acceptors (Lipinski definition) is 5. The van der Waals surface area contributed by atoms with Gasteiger partial charge in [0, 0.05) is 18.2 Å². The lowest BCUT2D eigenvalue weighted by atomic mass is 10.2. The molecule has 2 aromatic rings. The molecule has 0 radical (unpaired) electrons. The lowest BCUT2D eigenvalue weighted by molar-refractivity contribution is 0.101. The normalized spacial score (nSPS) is 10.4. The number of carbonyl (C=O) groups excluding carboxylic acids is 1. The summed E-state index contributed by atoms with van der Waals surface area (Å²) in [5.74, 6) is 0.0341. The van der Waals surface area contributed by atoms with Gasteiger partial charge in [0.05, 0.1) is 11.4 Å². The van der Waals surface area contributed by atoms with Crippen molar-refractivity contribution in [3.63, 3.8) is 0 Å². The molecule has 2 rings (SSSR count). The number of rotatable bonds is 4. The molecule has 0 bridgehead atoms. The van der Waals surface area contributed by atoms with E-state index < -0.39 is 5.91 Å². The zero-order valence-electron chi connectivity index (χ0n) is 10.1. The molecule has 19 heavy (non-hydrogen) atoms. The number of anilines is 2. The van der Waals surface area contributed by atoms with Crippen molar-refractivity contribution in [3.8, 4) is 0 Å². The molecule has 0 aliphatic carbocycles. The second kappa shape index (κ2) is 5.73. The van der Waals surface area contributed by atoms with Gasteiger partial charge in [0.1, 0.15) is 6.61 Å². The Morgan fingerprint density at radius 2 is 2.32 bits per heavy atom. The average molecular weight is 282 g/mol. The van der Waals surface area contributed by atoms with Gasteiger partial charge < -0.3 is 20.3 Å². The van der Waals surface area contributed by atoms with Gasteiger partial charge in [-0.25, -0.2) is 0 Å². The Bertz CT molecular complexity index is 598. The molecule has 1 amide bonds. The number of nitrogens with one attached hydrogen (secondary N) is 1. The highest BCUT2D eigenvalue weighted by molar-refractivity contribution is 6.31. The third kappa shape index (κ3) is 3.24. The van der Waals surface area contributed by atoms with Crippen LogP contribution in [0.2, 0.25) is 5.02 Å². The fourth-order valence-electron chi connectivity index (χ4n) is 1.45. The predicted octanol–water partition coefficient (Wildman–Crippen LogP) is 2.31. The van der Waals surface area contributed by atoms with Crippen LogP contribution in [0.5, 0.6) is 0 Å². The van der Waals surface area contributed by atoms with Gasteiger partial charge >= 0.3 is 0 Å². The van der Waals surface area contributed by atoms with Crippen molar-refractivity contribution in [2.45, 2.75) is 6.61 Å². The fourth-order valence-corrected chi connectivity index (χ4v) is 1.63. The van der Waals surface area contributed by atoms with Gasteiger partial charge in [-0.2, -0.15) is 0 Å². The Labute approximate surface area is 114 Å². The summed E-state index contributed by atoms with van der Waals surface area (Å²) in [5.41, 5.74) is 6.72. The molecule has 1 aromatic carbocycles. The number of nitrogens with zero attached hydrogens (tertiary/aromatic N) is 1. The summed E-state index contributed by atoms with van der Waals surface area (Å²) < 4.78 is 9.80. The third-order valence-corrected chi connectivity index (χ3v) is 2.58. The van der Waals surface area contributed by atoms with Crippen LogP contribution in [0.3, 0.4) is 0 Å². The van der Waals surface area contributed by atoms with Crippen LogP contribution in [0.1, 0.15) is 16.2 Å². The molecule has 1 heterocycles. The summed E-state index contributed by atoms with van der Waals surface area (Å²) in [5, 5.41) is 6.73. The van der Waals surface area contributed by atoms with Gasteiger partial charge in [-0.3, -0.25) is 4.79 Å². The first kappa shape index (κ1) is 13.4. The molecule has 0 spiro atoms. The minimum atomic E-state index is -0.430. The molecule has 1 aromatic heterocycles. The minimum Gasteiger partial charge on any atom is -0.397 e. The average Bonchev–Trinajstić information content (AvgIpc) is 2.83. The Hall–Kier alpha value is -2.05. The smallest absolute Gasteiger partial charge is 0.277 e. The van der Waals surface area contributed by atoms with E-state index in [2.05, 4.69) is 10.5 Å². The number of amides is 1. The molecule has 6 nitrogen and oxygen atoms in total. The van der Waals surface area contributed by atoms with Crippen LogP contribution in [0.25, 0.3) is 0 Å². The standard InChI is InChI=1S/C12H12ClN3O3/c1-18-6-8-5-11(16-19-8)12(17)15-10-4-7(13)2-3-9(10)14/h2-5H,6,14H2,1H3,(H,15,17). The maximum absolute atomic E-state index is 11.9. The van der Waals surface area contributed by atoms with E-state index in [0.717, 1.165) is 0 Å². The molecule has 100 valence electrons. The maximum atomic E-state index is 11.9. The second-order valence-corrected chi connectivity index (χ2v) is 4.23. The monoisotopic (exact) mass is 281 g/mol. The first-order chi connectivity index (χ1) is 9.10. The third-order valence-electron chi connectivity index (χ3n) is 2.34. The van der Waals surface area contributed by atoms with Crippen LogP contribution in [0, 0.1) is 0 Å². The highest BCUT2D eigenvalue weighted by Gasteiger charge is 2.14. The Balaban J connectivity index is 2.13. The van der Waals surface area contributed by atoms with E-state index in [1.54, 1.807) is 18.2 Å². The number of hydrogen-bond donors (Lipinski definition) is 2. The quantitative estimate of drug-likeness (QED) is 0.839. The lowest BCUT2D eigenvalue weighted by Gasteiger charge is -2.06. The van der Waals surface area contributed by atoms with Crippen molar-refractivity contribution >= 4 is 28.9 Å². The number of nitrogens with two attached hydrogens (primary N) is 1. The van der Waals surface area contributed by atoms with Crippen molar-refractivity contribution in [2.24, 2.45) is 0 Å². The summed E-state index contributed by atoms with van der Waals surface area (Å²) in [6.07, 6.45) is 0. The van der Waals surface area contributed by atoms with Gasteiger partial charge in [0.15, 0.2) is 11.5 Å². The molecular weight excluding hydrogens is 270 g/mol. The molecule has 3 N–H and O–H groups in total. The lowest BCUT2D eigenvalue weighted by Crippen LogP contribution is -2.13. The van der Waals surface area contributed by atoms with Crippen LogP contribution in [0.4, 0.5) is 11.4 Å². The summed E-state index contributed by atoms with van der Waals surface area (Å²) in [7, 11) is 1.52. The molecule has 0 saturated heterocycles. The van der Waals surface area contributed by atoms with Gasteiger partial charge in [0.25, 0.3) is 5.91 Å². The van der Waals surface area contributed by atoms with Crippen molar-refractivity contribution in [1.29, 1.82) is 0 Å². The van der Waals surface area contributed by atoms with E-state index in [4.69, 9.17) is 26.6 Å². The van der Waals surface area contributed by atoms with E-state index in [-0.39, 0.29) is 12.3 Å². The van der Waals surface area contributed by atoms with Crippen LogP contribution >= 0.6 is 11.6 Å². The van der Waals surface area contributed by atoms with Crippen molar-refractivity contribution < 1.29 is 14.1 Å². The number of halogens is 1.